The Kier molecular flexibility index (Phi) is 3.42. The van der Waals surface area contributed by atoms with Gasteiger partial charge < -0.3 is 0 Å². The molecule has 0 radical (unpaired) electrons. The van der Waals surface area contributed by atoms with Gasteiger partial charge in [-0.2, -0.15) is 0 Å². The minimum atomic E-state index is 0.265. The van der Waals surface area contributed by atoms with Crippen molar-refractivity contribution < 1.29 is 0 Å². The molecular formula is C18H16N4S. The average Bonchev–Trinajstić information content (AvgIpc) is 2.90. The molecule has 0 saturated carbocycles. The molecule has 0 spiro atoms. The van der Waals surface area contributed by atoms with Crippen molar-refractivity contribution >= 4 is 38.5 Å². The highest BCUT2D eigenvalue weighted by atomic mass is 32.1. The Morgan fingerprint density at radius 3 is 2.26 bits per heavy atom. The van der Waals surface area contributed by atoms with Gasteiger partial charge in [-0.3, -0.25) is 4.57 Å². The van der Waals surface area contributed by atoms with Gasteiger partial charge in [0.05, 0.1) is 16.7 Å². The molecule has 0 N–H and O–H groups in total. The second-order valence-corrected chi connectivity index (χ2v) is 6.59. The summed E-state index contributed by atoms with van der Waals surface area (Å²) in [4.78, 5) is 16.2. The molecule has 2 heterocycles. The number of nitrogens with zero attached hydrogens (tertiary/aromatic N) is 4. The summed E-state index contributed by atoms with van der Waals surface area (Å²) in [7, 11) is 0. The van der Waals surface area contributed by atoms with Crippen molar-refractivity contribution in [1.82, 2.24) is 14.5 Å². The summed E-state index contributed by atoms with van der Waals surface area (Å²) in [6.07, 6.45) is 0. The summed E-state index contributed by atoms with van der Waals surface area (Å²) < 4.78 is 2.16. The Morgan fingerprint density at radius 2 is 1.57 bits per heavy atom. The molecule has 23 heavy (non-hydrogen) atoms. The minimum Gasteiger partial charge on any atom is -0.297 e. The van der Waals surface area contributed by atoms with Crippen molar-refractivity contribution in [3.05, 3.63) is 59.4 Å². The van der Waals surface area contributed by atoms with E-state index in [4.69, 9.17) is 15.0 Å². The van der Waals surface area contributed by atoms with Crippen LogP contribution in [-0.4, -0.2) is 14.5 Å². The number of aromatic nitrogens is 3. The number of thiazole rings is 1. The molecule has 2 aromatic carbocycles. The zero-order chi connectivity index (χ0) is 15.8. The number of para-hydroxylation sites is 3. The zero-order valence-corrected chi connectivity index (χ0v) is 13.8. The monoisotopic (exact) mass is 320 g/mol. The van der Waals surface area contributed by atoms with Crippen LogP contribution in [0.4, 0.5) is 5.69 Å². The summed E-state index contributed by atoms with van der Waals surface area (Å²) >= 11 is 1.58. The predicted molar refractivity (Wildman–Crippen MR) is 95.0 cm³/mol. The lowest BCUT2D eigenvalue weighted by Crippen LogP contribution is -2.17. The van der Waals surface area contributed by atoms with Gasteiger partial charge in [0.15, 0.2) is 15.3 Å². The average molecular weight is 320 g/mol. The van der Waals surface area contributed by atoms with Crippen molar-refractivity contribution in [3.63, 3.8) is 0 Å². The van der Waals surface area contributed by atoms with Gasteiger partial charge in [-0.1, -0.05) is 41.7 Å². The number of rotatable bonds is 2. The van der Waals surface area contributed by atoms with E-state index in [1.807, 2.05) is 54.6 Å². The Labute approximate surface area is 137 Å². The smallest absolute Gasteiger partial charge is 0.193 e. The fourth-order valence-corrected chi connectivity index (χ4v) is 3.68. The van der Waals surface area contributed by atoms with Crippen molar-refractivity contribution in [3.8, 4) is 0 Å². The Morgan fingerprint density at radius 1 is 0.913 bits per heavy atom. The van der Waals surface area contributed by atoms with Gasteiger partial charge in [-0.25, -0.2) is 15.0 Å². The van der Waals surface area contributed by atoms with Gasteiger partial charge in [-0.15, -0.1) is 0 Å². The standard InChI is InChI=1S/C18H16N4S/c1-12(2)22-16-17(21-15-11-7-6-10-14(15)20-16)23-18(22)19-13-8-4-3-5-9-13/h3-12H,1-2H3. The van der Waals surface area contributed by atoms with E-state index in [2.05, 4.69) is 18.4 Å². The van der Waals surface area contributed by atoms with Crippen LogP contribution in [0.15, 0.2) is 59.6 Å². The van der Waals surface area contributed by atoms with E-state index in [0.717, 1.165) is 32.0 Å². The van der Waals surface area contributed by atoms with Crippen molar-refractivity contribution in [2.45, 2.75) is 19.9 Å². The maximum Gasteiger partial charge on any atom is 0.193 e. The van der Waals surface area contributed by atoms with Crippen LogP contribution in [0.3, 0.4) is 0 Å². The van der Waals surface area contributed by atoms with Crippen molar-refractivity contribution in [1.29, 1.82) is 0 Å². The van der Waals surface area contributed by atoms with Crippen LogP contribution in [0, 0.1) is 0 Å². The fraction of sp³-hybridized carbons (Fsp3) is 0.167. The lowest BCUT2D eigenvalue weighted by atomic mass is 10.3. The SMILES string of the molecule is CC(C)n1c(=Nc2ccccc2)sc2nc3ccccc3nc21. The van der Waals surface area contributed by atoms with Gasteiger partial charge in [-0.05, 0) is 38.1 Å². The van der Waals surface area contributed by atoms with E-state index in [0.29, 0.717) is 0 Å². The first kappa shape index (κ1) is 14.1. The summed E-state index contributed by atoms with van der Waals surface area (Å²) in [5.41, 5.74) is 3.68. The van der Waals surface area contributed by atoms with Crippen LogP contribution in [0.2, 0.25) is 0 Å². The van der Waals surface area contributed by atoms with Crippen molar-refractivity contribution in [2.24, 2.45) is 4.99 Å². The molecule has 2 aromatic heterocycles. The van der Waals surface area contributed by atoms with Crippen LogP contribution >= 0.6 is 11.3 Å². The second kappa shape index (κ2) is 5.59. The van der Waals surface area contributed by atoms with E-state index < -0.39 is 0 Å². The second-order valence-electron chi connectivity index (χ2n) is 5.64. The van der Waals surface area contributed by atoms with Gasteiger partial charge in [0.1, 0.15) is 0 Å². The molecule has 0 aliphatic heterocycles. The molecule has 0 aliphatic rings. The molecule has 0 aliphatic carbocycles. The largest absolute Gasteiger partial charge is 0.297 e. The molecule has 0 atom stereocenters. The molecule has 0 bridgehead atoms. The third kappa shape index (κ3) is 2.53. The first-order valence-electron chi connectivity index (χ1n) is 7.60. The maximum atomic E-state index is 4.81. The third-order valence-corrected chi connectivity index (χ3v) is 4.58. The van der Waals surface area contributed by atoms with Crippen LogP contribution in [0.5, 0.6) is 0 Å². The van der Waals surface area contributed by atoms with Crippen LogP contribution in [0.25, 0.3) is 21.5 Å². The number of benzene rings is 2. The van der Waals surface area contributed by atoms with Gasteiger partial charge in [0.2, 0.25) is 0 Å². The zero-order valence-electron chi connectivity index (χ0n) is 13.0. The van der Waals surface area contributed by atoms with Gasteiger partial charge in [0.25, 0.3) is 0 Å². The molecular weight excluding hydrogens is 304 g/mol. The topological polar surface area (TPSA) is 43.1 Å². The summed E-state index contributed by atoms with van der Waals surface area (Å²) in [5, 5.41) is 0. The Hall–Kier alpha value is -2.53. The molecule has 0 unspecified atom stereocenters. The number of hydrogen-bond acceptors (Lipinski definition) is 4. The fourth-order valence-electron chi connectivity index (χ4n) is 2.58. The predicted octanol–water partition coefficient (Wildman–Crippen LogP) is 4.46. The lowest BCUT2D eigenvalue weighted by molar-refractivity contribution is 0.600. The van der Waals surface area contributed by atoms with Crippen LogP contribution < -0.4 is 4.80 Å². The molecule has 4 nitrogen and oxygen atoms in total. The van der Waals surface area contributed by atoms with E-state index in [1.54, 1.807) is 11.3 Å². The quantitative estimate of drug-likeness (QED) is 0.547. The summed E-state index contributed by atoms with van der Waals surface area (Å²) in [6.45, 7) is 4.29. The first-order chi connectivity index (χ1) is 11.2. The summed E-state index contributed by atoms with van der Waals surface area (Å²) in [5.74, 6) is 0. The highest BCUT2D eigenvalue weighted by molar-refractivity contribution is 7.15. The molecule has 5 heteroatoms. The third-order valence-electron chi connectivity index (χ3n) is 3.64. The number of hydrogen-bond donors (Lipinski definition) is 0. The van der Waals surface area contributed by atoms with E-state index in [9.17, 15) is 0 Å². The highest BCUT2D eigenvalue weighted by Crippen LogP contribution is 2.21. The van der Waals surface area contributed by atoms with Crippen molar-refractivity contribution in [2.75, 3.05) is 0 Å². The Balaban J connectivity index is 2.06. The molecule has 0 amide bonds. The lowest BCUT2D eigenvalue weighted by Gasteiger charge is -2.08. The first-order valence-corrected chi connectivity index (χ1v) is 8.41. The normalized spacial score (nSPS) is 12.6. The Bertz CT molecular complexity index is 1040. The number of fused-ring (bicyclic) bond motifs is 2. The van der Waals surface area contributed by atoms with E-state index in [-0.39, 0.29) is 6.04 Å². The molecule has 114 valence electrons. The minimum absolute atomic E-state index is 0.265. The molecule has 4 aromatic rings. The van der Waals surface area contributed by atoms with Crippen LogP contribution in [-0.2, 0) is 0 Å². The summed E-state index contributed by atoms with van der Waals surface area (Å²) in [6, 6.07) is 18.2. The van der Waals surface area contributed by atoms with Gasteiger partial charge >= 0.3 is 0 Å². The molecule has 0 saturated heterocycles. The van der Waals surface area contributed by atoms with Gasteiger partial charge in [0, 0.05) is 6.04 Å². The van der Waals surface area contributed by atoms with E-state index >= 15 is 0 Å². The molecule has 0 fully saturated rings. The van der Waals surface area contributed by atoms with Crippen LogP contribution in [0.1, 0.15) is 19.9 Å². The van der Waals surface area contributed by atoms with E-state index in [1.165, 1.54) is 0 Å². The highest BCUT2D eigenvalue weighted by Gasteiger charge is 2.13. The molecule has 4 rings (SSSR count). The maximum absolute atomic E-state index is 4.81.